The summed E-state index contributed by atoms with van der Waals surface area (Å²) < 4.78 is 10.7. The summed E-state index contributed by atoms with van der Waals surface area (Å²) in [5.41, 5.74) is 2.38. The molecule has 2 N–H and O–H groups in total. The predicted molar refractivity (Wildman–Crippen MR) is 78.2 cm³/mol. The number of benzene rings is 1. The Bertz CT molecular complexity index is 546. The molecular weight excluding hydrogens is 240 g/mol. The Balaban J connectivity index is 2.26. The van der Waals surface area contributed by atoms with Crippen LogP contribution in [-0.4, -0.2) is 31.8 Å². The largest absolute Gasteiger partial charge is 0.493 e. The molecule has 1 aromatic heterocycles. The third kappa shape index (κ3) is 3.01. The summed E-state index contributed by atoms with van der Waals surface area (Å²) in [4.78, 5) is 3.29. The fourth-order valence-electron chi connectivity index (χ4n) is 2.21. The van der Waals surface area contributed by atoms with Gasteiger partial charge in [-0.25, -0.2) is 0 Å². The summed E-state index contributed by atoms with van der Waals surface area (Å²) in [6.07, 6.45) is 3.05. The first-order chi connectivity index (χ1) is 9.15. The second kappa shape index (κ2) is 5.97. The molecule has 1 heterocycles. The smallest absolute Gasteiger partial charge is 0.162 e. The van der Waals surface area contributed by atoms with Gasteiger partial charge in [-0.3, -0.25) is 0 Å². The standard InChI is InChI=1S/C15H22N2O2/c1-10(2)16-6-5-11-9-17-13-8-15(19-4)14(18-3)7-12(11)13/h7-10,16-17H,5-6H2,1-4H3. The van der Waals surface area contributed by atoms with E-state index >= 15 is 0 Å². The Morgan fingerprint density at radius 3 is 2.47 bits per heavy atom. The summed E-state index contributed by atoms with van der Waals surface area (Å²) in [5.74, 6) is 1.52. The second-order valence-electron chi connectivity index (χ2n) is 4.93. The van der Waals surface area contributed by atoms with E-state index < -0.39 is 0 Å². The highest BCUT2D eigenvalue weighted by atomic mass is 16.5. The average Bonchev–Trinajstić information content (AvgIpc) is 2.79. The van der Waals surface area contributed by atoms with E-state index in [0.717, 1.165) is 30.0 Å². The highest BCUT2D eigenvalue weighted by molar-refractivity contribution is 5.86. The van der Waals surface area contributed by atoms with Crippen molar-refractivity contribution >= 4 is 10.9 Å². The molecule has 0 bridgehead atoms. The van der Waals surface area contributed by atoms with E-state index in [1.807, 2.05) is 12.1 Å². The Morgan fingerprint density at radius 2 is 1.84 bits per heavy atom. The lowest BCUT2D eigenvalue weighted by Crippen LogP contribution is -2.24. The van der Waals surface area contributed by atoms with E-state index in [4.69, 9.17) is 9.47 Å². The van der Waals surface area contributed by atoms with Crippen LogP contribution in [0.4, 0.5) is 0 Å². The molecule has 0 radical (unpaired) electrons. The molecule has 0 saturated carbocycles. The van der Waals surface area contributed by atoms with Crippen LogP contribution in [0, 0.1) is 0 Å². The van der Waals surface area contributed by atoms with Crippen LogP contribution in [0.5, 0.6) is 11.5 Å². The van der Waals surface area contributed by atoms with Crippen LogP contribution in [0.1, 0.15) is 19.4 Å². The van der Waals surface area contributed by atoms with Crippen molar-refractivity contribution in [2.75, 3.05) is 20.8 Å². The first-order valence-corrected chi connectivity index (χ1v) is 6.61. The predicted octanol–water partition coefficient (Wildman–Crippen LogP) is 2.73. The van der Waals surface area contributed by atoms with Gasteiger partial charge in [0.05, 0.1) is 14.2 Å². The van der Waals surface area contributed by atoms with Crippen molar-refractivity contribution in [3.8, 4) is 11.5 Å². The molecule has 0 aliphatic rings. The molecule has 0 aliphatic heterocycles. The van der Waals surface area contributed by atoms with E-state index in [1.54, 1.807) is 14.2 Å². The average molecular weight is 262 g/mol. The van der Waals surface area contributed by atoms with Crippen molar-refractivity contribution in [1.82, 2.24) is 10.3 Å². The van der Waals surface area contributed by atoms with E-state index in [2.05, 4.69) is 30.3 Å². The molecule has 0 saturated heterocycles. The Hall–Kier alpha value is -1.68. The van der Waals surface area contributed by atoms with Gasteiger partial charge in [0.1, 0.15) is 0 Å². The van der Waals surface area contributed by atoms with E-state index in [9.17, 15) is 0 Å². The van der Waals surface area contributed by atoms with Gasteiger partial charge in [-0.1, -0.05) is 13.8 Å². The molecule has 19 heavy (non-hydrogen) atoms. The molecule has 2 rings (SSSR count). The third-order valence-corrected chi connectivity index (χ3v) is 3.22. The molecule has 0 atom stereocenters. The van der Waals surface area contributed by atoms with Crippen LogP contribution >= 0.6 is 0 Å². The zero-order valence-corrected chi connectivity index (χ0v) is 12.0. The zero-order chi connectivity index (χ0) is 13.8. The molecular formula is C15H22N2O2. The lowest BCUT2D eigenvalue weighted by atomic mass is 10.1. The quantitative estimate of drug-likeness (QED) is 0.841. The summed E-state index contributed by atoms with van der Waals surface area (Å²) in [5, 5.41) is 4.63. The van der Waals surface area contributed by atoms with Crippen LogP contribution in [0.3, 0.4) is 0 Å². The molecule has 0 unspecified atom stereocenters. The number of hydrogen-bond acceptors (Lipinski definition) is 3. The third-order valence-electron chi connectivity index (χ3n) is 3.22. The number of aromatic amines is 1. The zero-order valence-electron chi connectivity index (χ0n) is 12.0. The number of methoxy groups -OCH3 is 2. The van der Waals surface area contributed by atoms with Crippen molar-refractivity contribution in [2.45, 2.75) is 26.3 Å². The van der Waals surface area contributed by atoms with Gasteiger partial charge in [0, 0.05) is 29.2 Å². The van der Waals surface area contributed by atoms with Gasteiger partial charge in [0.15, 0.2) is 11.5 Å². The number of rotatable bonds is 6. The van der Waals surface area contributed by atoms with Crippen molar-refractivity contribution in [3.63, 3.8) is 0 Å². The van der Waals surface area contributed by atoms with Crippen molar-refractivity contribution in [2.24, 2.45) is 0 Å². The number of H-pyrrole nitrogens is 1. The minimum Gasteiger partial charge on any atom is -0.493 e. The fraction of sp³-hybridized carbons (Fsp3) is 0.467. The minimum absolute atomic E-state index is 0.514. The Labute approximate surface area is 114 Å². The minimum atomic E-state index is 0.514. The van der Waals surface area contributed by atoms with Gasteiger partial charge in [0.2, 0.25) is 0 Å². The highest BCUT2D eigenvalue weighted by Crippen LogP contribution is 2.33. The summed E-state index contributed by atoms with van der Waals surface area (Å²) in [6.45, 7) is 5.28. The van der Waals surface area contributed by atoms with Crippen molar-refractivity contribution < 1.29 is 9.47 Å². The van der Waals surface area contributed by atoms with Gasteiger partial charge in [0.25, 0.3) is 0 Å². The van der Waals surface area contributed by atoms with E-state index in [-0.39, 0.29) is 0 Å². The van der Waals surface area contributed by atoms with Gasteiger partial charge < -0.3 is 19.8 Å². The number of ether oxygens (including phenoxy) is 2. The second-order valence-corrected chi connectivity index (χ2v) is 4.93. The lowest BCUT2D eigenvalue weighted by molar-refractivity contribution is 0.356. The Morgan fingerprint density at radius 1 is 1.16 bits per heavy atom. The topological polar surface area (TPSA) is 46.3 Å². The molecule has 104 valence electrons. The van der Waals surface area contributed by atoms with Crippen LogP contribution < -0.4 is 14.8 Å². The van der Waals surface area contributed by atoms with Crippen molar-refractivity contribution in [1.29, 1.82) is 0 Å². The molecule has 0 fully saturated rings. The van der Waals surface area contributed by atoms with E-state index in [0.29, 0.717) is 6.04 Å². The summed E-state index contributed by atoms with van der Waals surface area (Å²) in [6, 6.07) is 4.53. The number of nitrogens with one attached hydrogen (secondary N) is 2. The fourth-order valence-corrected chi connectivity index (χ4v) is 2.21. The summed E-state index contributed by atoms with van der Waals surface area (Å²) in [7, 11) is 3.32. The van der Waals surface area contributed by atoms with Gasteiger partial charge in [-0.15, -0.1) is 0 Å². The highest BCUT2D eigenvalue weighted by Gasteiger charge is 2.10. The molecule has 4 heteroatoms. The van der Waals surface area contributed by atoms with Crippen LogP contribution in [0.2, 0.25) is 0 Å². The molecule has 2 aromatic rings. The monoisotopic (exact) mass is 262 g/mol. The number of fused-ring (bicyclic) bond motifs is 1. The molecule has 1 aromatic carbocycles. The Kier molecular flexibility index (Phi) is 4.32. The molecule has 0 aliphatic carbocycles. The number of aromatic nitrogens is 1. The van der Waals surface area contributed by atoms with Crippen molar-refractivity contribution in [3.05, 3.63) is 23.9 Å². The first kappa shape index (κ1) is 13.7. The lowest BCUT2D eigenvalue weighted by Gasteiger charge is -2.09. The molecule has 0 amide bonds. The maximum atomic E-state index is 5.36. The molecule has 0 spiro atoms. The van der Waals surface area contributed by atoms with E-state index in [1.165, 1.54) is 10.9 Å². The maximum absolute atomic E-state index is 5.36. The normalized spacial score (nSPS) is 11.2. The van der Waals surface area contributed by atoms with Crippen LogP contribution in [-0.2, 0) is 6.42 Å². The molecule has 4 nitrogen and oxygen atoms in total. The van der Waals surface area contributed by atoms with Gasteiger partial charge in [-0.05, 0) is 24.6 Å². The SMILES string of the molecule is COc1cc2[nH]cc(CCNC(C)C)c2cc1OC. The van der Waals surface area contributed by atoms with Crippen LogP contribution in [0.15, 0.2) is 18.3 Å². The first-order valence-electron chi connectivity index (χ1n) is 6.61. The maximum Gasteiger partial charge on any atom is 0.162 e. The summed E-state index contributed by atoms with van der Waals surface area (Å²) >= 11 is 0. The number of hydrogen-bond donors (Lipinski definition) is 2. The van der Waals surface area contributed by atoms with Gasteiger partial charge in [-0.2, -0.15) is 0 Å². The van der Waals surface area contributed by atoms with Gasteiger partial charge >= 0.3 is 0 Å². The van der Waals surface area contributed by atoms with Crippen LogP contribution in [0.25, 0.3) is 10.9 Å².